The van der Waals surface area contributed by atoms with Gasteiger partial charge < -0.3 is 10.1 Å². The second-order valence-corrected chi connectivity index (χ2v) is 4.67. The molecule has 0 radical (unpaired) electrons. The number of rotatable bonds is 5. The Hall–Kier alpha value is -2.54. The van der Waals surface area contributed by atoms with Crippen LogP contribution < -0.4 is 10.1 Å². The maximum absolute atomic E-state index is 13.3. The van der Waals surface area contributed by atoms with Crippen LogP contribution in [-0.4, -0.2) is 6.61 Å². The molecule has 2 rings (SSSR count). The molecule has 0 saturated heterocycles. The molecule has 21 heavy (non-hydrogen) atoms. The molecule has 0 heterocycles. The van der Waals surface area contributed by atoms with E-state index in [1.165, 1.54) is 12.1 Å². The smallest absolute Gasteiger partial charge is 0.141 e. The zero-order valence-electron chi connectivity index (χ0n) is 12.1. The molecule has 0 amide bonds. The zero-order valence-corrected chi connectivity index (χ0v) is 12.1. The largest absolute Gasteiger partial charge is 0.494 e. The Morgan fingerprint density at radius 1 is 1.24 bits per heavy atom. The third-order valence-electron chi connectivity index (χ3n) is 3.16. The van der Waals surface area contributed by atoms with Crippen molar-refractivity contribution < 1.29 is 9.13 Å². The molecule has 0 bridgehead atoms. The third kappa shape index (κ3) is 3.73. The van der Waals surface area contributed by atoms with E-state index in [0.29, 0.717) is 12.3 Å². The maximum atomic E-state index is 13.3. The van der Waals surface area contributed by atoms with E-state index < -0.39 is 5.82 Å². The van der Waals surface area contributed by atoms with Gasteiger partial charge in [-0.15, -0.1) is 0 Å². The van der Waals surface area contributed by atoms with Crippen LogP contribution in [0.4, 0.5) is 10.1 Å². The van der Waals surface area contributed by atoms with E-state index in [0.717, 1.165) is 11.3 Å². The highest BCUT2D eigenvalue weighted by molar-refractivity contribution is 5.51. The lowest BCUT2D eigenvalue weighted by Crippen LogP contribution is -2.07. The molecule has 2 aromatic rings. The number of halogens is 1. The van der Waals surface area contributed by atoms with Gasteiger partial charge in [0.2, 0.25) is 0 Å². The average Bonchev–Trinajstić information content (AvgIpc) is 2.50. The van der Waals surface area contributed by atoms with Crippen molar-refractivity contribution in [3.05, 3.63) is 59.4 Å². The highest BCUT2D eigenvalue weighted by Crippen LogP contribution is 2.23. The molecular weight excluding hydrogens is 267 g/mol. The van der Waals surface area contributed by atoms with Gasteiger partial charge in [0.15, 0.2) is 0 Å². The predicted octanol–water partition coefficient (Wildman–Crippen LogP) is 4.27. The first-order valence-corrected chi connectivity index (χ1v) is 6.83. The molecule has 4 heteroatoms. The van der Waals surface area contributed by atoms with E-state index in [2.05, 4.69) is 5.32 Å². The number of benzene rings is 2. The second kappa shape index (κ2) is 6.76. The van der Waals surface area contributed by atoms with Gasteiger partial charge in [-0.3, -0.25) is 0 Å². The first kappa shape index (κ1) is 14.9. The van der Waals surface area contributed by atoms with Crippen LogP contribution in [0.3, 0.4) is 0 Å². The fourth-order valence-electron chi connectivity index (χ4n) is 2.05. The molecule has 108 valence electrons. The van der Waals surface area contributed by atoms with Gasteiger partial charge >= 0.3 is 0 Å². The van der Waals surface area contributed by atoms with Crippen molar-refractivity contribution in [1.29, 1.82) is 5.26 Å². The number of nitriles is 1. The summed E-state index contributed by atoms with van der Waals surface area (Å²) in [7, 11) is 0. The van der Waals surface area contributed by atoms with Crippen LogP contribution in [0.2, 0.25) is 0 Å². The van der Waals surface area contributed by atoms with E-state index in [-0.39, 0.29) is 11.6 Å². The fourth-order valence-corrected chi connectivity index (χ4v) is 2.05. The molecule has 0 aliphatic carbocycles. The minimum absolute atomic E-state index is 0.0395. The van der Waals surface area contributed by atoms with Crippen molar-refractivity contribution in [2.45, 2.75) is 19.9 Å². The molecular formula is C17H17FN2O. The number of hydrogen-bond acceptors (Lipinski definition) is 3. The number of nitrogens with zero attached hydrogens (tertiary/aromatic N) is 1. The molecule has 1 N–H and O–H groups in total. The van der Waals surface area contributed by atoms with Crippen LogP contribution in [0, 0.1) is 17.1 Å². The van der Waals surface area contributed by atoms with Crippen molar-refractivity contribution in [1.82, 2.24) is 0 Å². The van der Waals surface area contributed by atoms with Crippen LogP contribution in [0.15, 0.2) is 42.5 Å². The van der Waals surface area contributed by atoms with Crippen LogP contribution in [0.25, 0.3) is 0 Å². The van der Waals surface area contributed by atoms with E-state index in [9.17, 15) is 4.39 Å². The summed E-state index contributed by atoms with van der Waals surface area (Å²) in [5.74, 6) is 0.332. The SMILES string of the molecule is CCOc1ccc(C(C)Nc2ccc(F)c(C#N)c2)cc1. The molecule has 1 atom stereocenters. The highest BCUT2D eigenvalue weighted by Gasteiger charge is 2.08. The van der Waals surface area contributed by atoms with Crippen molar-refractivity contribution in [3.63, 3.8) is 0 Å². The molecule has 0 spiro atoms. The van der Waals surface area contributed by atoms with E-state index in [1.807, 2.05) is 44.2 Å². The Balaban J connectivity index is 2.10. The average molecular weight is 284 g/mol. The number of hydrogen-bond donors (Lipinski definition) is 1. The minimum Gasteiger partial charge on any atom is -0.494 e. The zero-order chi connectivity index (χ0) is 15.2. The summed E-state index contributed by atoms with van der Waals surface area (Å²) in [6.07, 6.45) is 0. The lowest BCUT2D eigenvalue weighted by molar-refractivity contribution is 0.340. The van der Waals surface area contributed by atoms with Gasteiger partial charge in [-0.05, 0) is 49.7 Å². The molecule has 1 unspecified atom stereocenters. The van der Waals surface area contributed by atoms with Gasteiger partial charge in [0.05, 0.1) is 12.2 Å². The standard InChI is InChI=1S/C17H17FN2O/c1-3-21-16-7-4-13(5-8-16)12(2)20-15-6-9-17(18)14(10-15)11-19/h4-10,12,20H,3H2,1-2H3. The van der Waals surface area contributed by atoms with Gasteiger partial charge in [0.1, 0.15) is 17.6 Å². The lowest BCUT2D eigenvalue weighted by Gasteiger charge is -2.16. The molecule has 3 nitrogen and oxygen atoms in total. The van der Waals surface area contributed by atoms with Crippen molar-refractivity contribution in [2.24, 2.45) is 0 Å². The summed E-state index contributed by atoms with van der Waals surface area (Å²) in [5.41, 5.74) is 1.84. The summed E-state index contributed by atoms with van der Waals surface area (Å²) in [4.78, 5) is 0. The Bertz CT molecular complexity index is 647. The number of anilines is 1. The third-order valence-corrected chi connectivity index (χ3v) is 3.16. The van der Waals surface area contributed by atoms with Gasteiger partial charge in [-0.1, -0.05) is 12.1 Å². The lowest BCUT2D eigenvalue weighted by atomic mass is 10.1. The van der Waals surface area contributed by atoms with Gasteiger partial charge in [-0.25, -0.2) is 4.39 Å². The summed E-state index contributed by atoms with van der Waals surface area (Å²) in [5, 5.41) is 12.1. The summed E-state index contributed by atoms with van der Waals surface area (Å²) in [6.45, 7) is 4.59. The van der Waals surface area contributed by atoms with E-state index >= 15 is 0 Å². The van der Waals surface area contributed by atoms with Gasteiger partial charge in [0.25, 0.3) is 0 Å². The quantitative estimate of drug-likeness (QED) is 0.891. The number of nitrogens with one attached hydrogen (secondary N) is 1. The summed E-state index contributed by atoms with van der Waals surface area (Å²) < 4.78 is 18.7. The Morgan fingerprint density at radius 3 is 2.57 bits per heavy atom. The Kier molecular flexibility index (Phi) is 4.78. The molecule has 0 aliphatic rings. The molecule has 0 aromatic heterocycles. The monoisotopic (exact) mass is 284 g/mol. The van der Waals surface area contributed by atoms with Crippen LogP contribution in [0.1, 0.15) is 31.0 Å². The fraction of sp³-hybridized carbons (Fsp3) is 0.235. The molecule has 0 aliphatic heterocycles. The molecule has 0 saturated carbocycles. The maximum Gasteiger partial charge on any atom is 0.141 e. The first-order chi connectivity index (χ1) is 10.1. The van der Waals surface area contributed by atoms with Crippen LogP contribution in [0.5, 0.6) is 5.75 Å². The van der Waals surface area contributed by atoms with Crippen molar-refractivity contribution in [3.8, 4) is 11.8 Å². The van der Waals surface area contributed by atoms with E-state index in [1.54, 1.807) is 6.07 Å². The molecule has 2 aromatic carbocycles. The summed E-state index contributed by atoms with van der Waals surface area (Å²) in [6, 6.07) is 14.1. The topological polar surface area (TPSA) is 45.0 Å². The predicted molar refractivity (Wildman–Crippen MR) is 80.8 cm³/mol. The van der Waals surface area contributed by atoms with Crippen LogP contribution in [-0.2, 0) is 0 Å². The van der Waals surface area contributed by atoms with Crippen molar-refractivity contribution >= 4 is 5.69 Å². The van der Waals surface area contributed by atoms with Crippen molar-refractivity contribution in [2.75, 3.05) is 11.9 Å². The highest BCUT2D eigenvalue weighted by atomic mass is 19.1. The Labute approximate surface area is 124 Å². The van der Waals surface area contributed by atoms with E-state index in [4.69, 9.17) is 10.00 Å². The normalized spacial score (nSPS) is 11.5. The first-order valence-electron chi connectivity index (χ1n) is 6.83. The van der Waals surface area contributed by atoms with Crippen LogP contribution >= 0.6 is 0 Å². The summed E-state index contributed by atoms with van der Waals surface area (Å²) >= 11 is 0. The van der Waals surface area contributed by atoms with Gasteiger partial charge in [0, 0.05) is 11.7 Å². The minimum atomic E-state index is -0.503. The Morgan fingerprint density at radius 2 is 1.95 bits per heavy atom. The molecule has 0 fully saturated rings. The number of ether oxygens (including phenoxy) is 1. The van der Waals surface area contributed by atoms with Gasteiger partial charge in [-0.2, -0.15) is 5.26 Å². The second-order valence-electron chi connectivity index (χ2n) is 4.67.